The molecule has 0 atom stereocenters. The Morgan fingerprint density at radius 2 is 1.33 bits per heavy atom. The number of halogens is 2. The first-order valence-corrected chi connectivity index (χ1v) is 14.9. The summed E-state index contributed by atoms with van der Waals surface area (Å²) in [5.41, 5.74) is 9.13. The van der Waals surface area contributed by atoms with Gasteiger partial charge in [-0.15, -0.1) is 0 Å². The van der Waals surface area contributed by atoms with E-state index in [1.165, 1.54) is 67.2 Å². The van der Waals surface area contributed by atoms with Gasteiger partial charge in [-0.1, -0.05) is 0 Å². The maximum absolute atomic E-state index is 2.51. The molecule has 0 spiro atoms. The van der Waals surface area contributed by atoms with E-state index in [0.717, 1.165) is 0 Å². The van der Waals surface area contributed by atoms with Crippen molar-refractivity contribution in [3.63, 3.8) is 0 Å². The molecule has 5 rings (SSSR count). The van der Waals surface area contributed by atoms with Crippen LogP contribution in [0.25, 0.3) is 11.1 Å². The molecule has 2 aromatic rings. The first-order valence-electron chi connectivity index (χ1n) is 11.0. The minimum absolute atomic E-state index is 0. The summed E-state index contributed by atoms with van der Waals surface area (Å²) in [4.78, 5) is 0. The second kappa shape index (κ2) is 10.2. The number of hydrogen-bond acceptors (Lipinski definition) is 0. The van der Waals surface area contributed by atoms with Crippen molar-refractivity contribution in [2.45, 2.75) is 62.4 Å². The number of hydrogen-bond donors (Lipinski definition) is 0. The van der Waals surface area contributed by atoms with Crippen LogP contribution in [-0.2, 0) is 21.3 Å². The third kappa shape index (κ3) is 4.41. The molecule has 30 heavy (non-hydrogen) atoms. The van der Waals surface area contributed by atoms with Gasteiger partial charge in [0.1, 0.15) is 0 Å². The smallest absolute Gasteiger partial charge is 1.00 e. The summed E-state index contributed by atoms with van der Waals surface area (Å²) in [5, 5.41) is 0. The Bertz CT molecular complexity index is 968. The Kier molecular flexibility index (Phi) is 8.17. The van der Waals surface area contributed by atoms with Gasteiger partial charge in [-0.3, -0.25) is 0 Å². The van der Waals surface area contributed by atoms with Crippen LogP contribution in [0.2, 0.25) is 0 Å². The third-order valence-corrected chi connectivity index (χ3v) is 15.5. The van der Waals surface area contributed by atoms with E-state index in [0.29, 0.717) is 3.63 Å². The molecule has 0 unspecified atom stereocenters. The molecule has 1 fully saturated rings. The van der Waals surface area contributed by atoms with Crippen molar-refractivity contribution >= 4 is 3.21 Å². The van der Waals surface area contributed by atoms with Crippen LogP contribution in [0.4, 0.5) is 0 Å². The van der Waals surface area contributed by atoms with Crippen LogP contribution in [-0.4, -0.2) is 3.21 Å². The summed E-state index contributed by atoms with van der Waals surface area (Å²) in [7, 11) is 0. The standard InChI is InChI=1S/C15H13.C7H12.C5H5.2ClH.Zr/c1-10-3-5-12-9-13-6-4-11(2)8-15(13)14(12)7-10;1-2-4-6-7-5-3-1;1-2-4-5-3-1;;;/h3-9H,1-2H3;1-6H2;1-3H,4H2;2*1H;/q;;;;;+2/p-2. The second-order valence-corrected chi connectivity index (χ2v) is 15.6. The fourth-order valence-corrected chi connectivity index (χ4v) is 15.0. The molecule has 0 heterocycles. The Labute approximate surface area is 201 Å². The molecule has 0 aliphatic heterocycles. The number of allylic oxidation sites excluding steroid dienone is 4. The fourth-order valence-electron chi connectivity index (χ4n) is 5.48. The second-order valence-electron chi connectivity index (χ2n) is 8.87. The van der Waals surface area contributed by atoms with Crippen molar-refractivity contribution in [1.82, 2.24) is 0 Å². The molecular weight excluding hydrogens is 486 g/mol. The van der Waals surface area contributed by atoms with E-state index >= 15 is 0 Å². The zero-order valence-electron chi connectivity index (χ0n) is 18.0. The van der Waals surface area contributed by atoms with Crippen LogP contribution in [0.15, 0.2) is 57.9 Å². The number of aryl methyl sites for hydroxylation is 2. The van der Waals surface area contributed by atoms with Gasteiger partial charge < -0.3 is 24.8 Å². The van der Waals surface area contributed by atoms with Gasteiger partial charge in [0.15, 0.2) is 0 Å². The predicted octanol–water partition coefficient (Wildman–Crippen LogP) is 1.37. The van der Waals surface area contributed by atoms with E-state index in [-0.39, 0.29) is 24.8 Å². The van der Waals surface area contributed by atoms with Gasteiger partial charge >= 0.3 is 178 Å². The van der Waals surface area contributed by atoms with Crippen molar-refractivity contribution < 1.29 is 46.1 Å². The van der Waals surface area contributed by atoms with E-state index < -0.39 is 21.3 Å². The van der Waals surface area contributed by atoms with Crippen LogP contribution >= 0.6 is 0 Å². The van der Waals surface area contributed by atoms with Crippen LogP contribution < -0.4 is 24.8 Å². The minimum Gasteiger partial charge on any atom is -1.00 e. The molecule has 156 valence electrons. The van der Waals surface area contributed by atoms with Crippen LogP contribution in [0.5, 0.6) is 0 Å². The van der Waals surface area contributed by atoms with Crippen LogP contribution in [0.3, 0.4) is 0 Å². The first kappa shape index (κ1) is 23.9. The average Bonchev–Trinajstić information content (AvgIpc) is 3.22. The number of rotatable bonds is 2. The Hall–Kier alpha value is -0.747. The van der Waals surface area contributed by atoms with Crippen molar-refractivity contribution in [3.05, 3.63) is 80.2 Å². The number of fused-ring (bicyclic) bond motifs is 3. The van der Waals surface area contributed by atoms with Crippen LogP contribution in [0, 0.1) is 13.8 Å². The summed E-state index contributed by atoms with van der Waals surface area (Å²) in [5.74, 6) is 0. The molecule has 1 saturated carbocycles. The minimum atomic E-state index is -1.99. The largest absolute Gasteiger partial charge is 1.00 e. The van der Waals surface area contributed by atoms with E-state index in [2.05, 4.69) is 68.5 Å². The molecule has 0 nitrogen and oxygen atoms in total. The maximum atomic E-state index is 2.51. The normalized spacial score (nSPS) is 17.1. The molecule has 0 bridgehead atoms. The Morgan fingerprint density at radius 1 is 0.767 bits per heavy atom. The van der Waals surface area contributed by atoms with Gasteiger partial charge in [0.05, 0.1) is 0 Å². The first-order chi connectivity index (χ1) is 13.7. The molecule has 0 aromatic heterocycles. The maximum Gasteiger partial charge on any atom is -1.00 e. The van der Waals surface area contributed by atoms with E-state index in [1.807, 2.05) is 6.49 Å². The summed E-state index contributed by atoms with van der Waals surface area (Å²) in [6.07, 6.45) is 17.0. The summed E-state index contributed by atoms with van der Waals surface area (Å²) in [6.45, 7) is 4.48. The Balaban J connectivity index is 0.00000128. The van der Waals surface area contributed by atoms with E-state index in [4.69, 9.17) is 0 Å². The van der Waals surface area contributed by atoms with E-state index in [9.17, 15) is 0 Å². The Morgan fingerprint density at radius 3 is 1.83 bits per heavy atom. The van der Waals surface area contributed by atoms with Gasteiger partial charge in [-0.05, 0) is 0 Å². The molecule has 3 aliphatic rings. The summed E-state index contributed by atoms with van der Waals surface area (Å²) in [6, 6.07) is 14.6. The zero-order valence-corrected chi connectivity index (χ0v) is 21.9. The quantitative estimate of drug-likeness (QED) is 0.529. The monoisotopic (exact) mass is 514 g/mol. The van der Waals surface area contributed by atoms with Crippen molar-refractivity contribution in [3.8, 4) is 11.1 Å². The van der Waals surface area contributed by atoms with Gasteiger partial charge in [-0.25, -0.2) is 0 Å². The van der Waals surface area contributed by atoms with Gasteiger partial charge in [-0.2, -0.15) is 0 Å². The molecule has 0 saturated heterocycles. The zero-order chi connectivity index (χ0) is 19.1. The van der Waals surface area contributed by atoms with Crippen molar-refractivity contribution in [2.75, 3.05) is 0 Å². The average molecular weight is 517 g/mol. The van der Waals surface area contributed by atoms with Gasteiger partial charge in [0, 0.05) is 0 Å². The predicted molar refractivity (Wildman–Crippen MR) is 118 cm³/mol. The van der Waals surface area contributed by atoms with Gasteiger partial charge in [0.2, 0.25) is 0 Å². The molecule has 0 radical (unpaired) electrons. The summed E-state index contributed by atoms with van der Waals surface area (Å²) < 4.78 is 4.54. The molecule has 0 N–H and O–H groups in total. The molecule has 2 aromatic carbocycles. The fraction of sp³-hybridized carbons (Fsp3) is 0.370. The third-order valence-electron chi connectivity index (χ3n) is 6.82. The van der Waals surface area contributed by atoms with Crippen LogP contribution in [0.1, 0.15) is 70.8 Å². The number of benzene rings is 2. The topological polar surface area (TPSA) is 0 Å². The van der Waals surface area contributed by atoms with Gasteiger partial charge in [0.25, 0.3) is 0 Å². The molecular formula is C27H30Cl2Zr. The molecule has 0 amide bonds. The molecule has 3 aliphatic carbocycles. The van der Waals surface area contributed by atoms with E-state index in [1.54, 1.807) is 11.1 Å². The molecule has 3 heteroatoms. The van der Waals surface area contributed by atoms with Crippen molar-refractivity contribution in [2.24, 2.45) is 0 Å². The van der Waals surface area contributed by atoms with Crippen molar-refractivity contribution in [1.29, 1.82) is 0 Å². The summed E-state index contributed by atoms with van der Waals surface area (Å²) >= 11 is -1.99. The SMILES string of the molecule is Cc1ccc2c(c1)-c1cc(C)ccc1[CH]2[Zr+2]([C]1=CC=CC1)=[C]1CCCCCC1.[Cl-].[Cl-].